The van der Waals surface area contributed by atoms with Gasteiger partial charge in [0.05, 0.1) is 0 Å². The molecule has 82 valence electrons. The average Bonchev–Trinajstić information content (AvgIpc) is 2.79. The highest BCUT2D eigenvalue weighted by atomic mass is 32.2. The maximum absolute atomic E-state index is 3.40. The molecule has 1 heterocycles. The molecule has 1 saturated heterocycles. The summed E-state index contributed by atoms with van der Waals surface area (Å²) in [6.45, 7) is 4.83. The standard InChI is InChI=1S/C12H18N2S/c1-2-6-12(7-3-1)15-13-8-11-14-9-4-5-10-14/h1-3,6-7,13H,4-5,8-11H2. The van der Waals surface area contributed by atoms with Crippen LogP contribution in [0.1, 0.15) is 12.8 Å². The van der Waals surface area contributed by atoms with Crippen LogP contribution in [0.15, 0.2) is 35.2 Å². The van der Waals surface area contributed by atoms with Crippen molar-refractivity contribution in [3.8, 4) is 0 Å². The summed E-state index contributed by atoms with van der Waals surface area (Å²) >= 11 is 1.73. The molecule has 1 aromatic carbocycles. The Bertz CT molecular complexity index is 270. The van der Waals surface area contributed by atoms with E-state index in [1.54, 1.807) is 11.9 Å². The van der Waals surface area contributed by atoms with Crippen LogP contribution >= 0.6 is 11.9 Å². The van der Waals surface area contributed by atoms with Crippen molar-refractivity contribution in [2.45, 2.75) is 17.7 Å². The fraction of sp³-hybridized carbons (Fsp3) is 0.500. The van der Waals surface area contributed by atoms with Gasteiger partial charge in [-0.15, -0.1) is 0 Å². The number of nitrogens with one attached hydrogen (secondary N) is 1. The van der Waals surface area contributed by atoms with Crippen LogP contribution in [-0.2, 0) is 0 Å². The molecule has 0 unspecified atom stereocenters. The third-order valence-corrected chi connectivity index (χ3v) is 3.52. The molecule has 3 heteroatoms. The minimum atomic E-state index is 1.07. The summed E-state index contributed by atoms with van der Waals surface area (Å²) in [7, 11) is 0. The number of likely N-dealkylation sites (tertiary alicyclic amines) is 1. The molecule has 15 heavy (non-hydrogen) atoms. The van der Waals surface area contributed by atoms with Crippen molar-refractivity contribution in [2.75, 3.05) is 26.2 Å². The van der Waals surface area contributed by atoms with Crippen LogP contribution in [0.4, 0.5) is 0 Å². The van der Waals surface area contributed by atoms with Crippen LogP contribution in [-0.4, -0.2) is 31.1 Å². The molecule has 0 amide bonds. The number of rotatable bonds is 5. The maximum atomic E-state index is 3.40. The van der Waals surface area contributed by atoms with Crippen molar-refractivity contribution < 1.29 is 0 Å². The monoisotopic (exact) mass is 222 g/mol. The van der Waals surface area contributed by atoms with Crippen LogP contribution in [0.5, 0.6) is 0 Å². The molecule has 1 aliphatic rings. The van der Waals surface area contributed by atoms with Gasteiger partial charge in [-0.05, 0) is 50.0 Å². The number of benzene rings is 1. The van der Waals surface area contributed by atoms with E-state index in [0.717, 1.165) is 6.54 Å². The van der Waals surface area contributed by atoms with Crippen LogP contribution in [0.25, 0.3) is 0 Å². The minimum absolute atomic E-state index is 1.07. The van der Waals surface area contributed by atoms with E-state index in [9.17, 15) is 0 Å². The van der Waals surface area contributed by atoms with Gasteiger partial charge in [-0.25, -0.2) is 0 Å². The molecule has 1 N–H and O–H groups in total. The summed E-state index contributed by atoms with van der Waals surface area (Å²) in [5.74, 6) is 0. The van der Waals surface area contributed by atoms with Crippen LogP contribution < -0.4 is 4.72 Å². The molecule has 1 aliphatic heterocycles. The quantitative estimate of drug-likeness (QED) is 0.608. The van der Waals surface area contributed by atoms with E-state index in [2.05, 4.69) is 33.9 Å². The summed E-state index contributed by atoms with van der Waals surface area (Å²) in [6.07, 6.45) is 2.76. The fourth-order valence-electron chi connectivity index (χ4n) is 1.83. The van der Waals surface area contributed by atoms with Crippen molar-refractivity contribution in [1.82, 2.24) is 9.62 Å². The Morgan fingerprint density at radius 2 is 1.87 bits per heavy atom. The largest absolute Gasteiger partial charge is 0.302 e. The summed E-state index contributed by atoms with van der Waals surface area (Å²) in [4.78, 5) is 3.82. The molecular weight excluding hydrogens is 204 g/mol. The molecule has 0 aliphatic carbocycles. The average molecular weight is 222 g/mol. The Morgan fingerprint density at radius 1 is 1.13 bits per heavy atom. The first-order valence-corrected chi connectivity index (χ1v) is 6.44. The lowest BCUT2D eigenvalue weighted by Gasteiger charge is -2.14. The Morgan fingerprint density at radius 3 is 2.60 bits per heavy atom. The van der Waals surface area contributed by atoms with Gasteiger partial charge in [0.2, 0.25) is 0 Å². The van der Waals surface area contributed by atoms with Gasteiger partial charge in [-0.3, -0.25) is 4.72 Å². The van der Waals surface area contributed by atoms with Crippen LogP contribution in [0.2, 0.25) is 0 Å². The molecule has 0 spiro atoms. The zero-order valence-electron chi connectivity index (χ0n) is 8.98. The van der Waals surface area contributed by atoms with E-state index in [0.29, 0.717) is 0 Å². The molecule has 2 nitrogen and oxygen atoms in total. The van der Waals surface area contributed by atoms with Crippen LogP contribution in [0, 0.1) is 0 Å². The molecule has 0 bridgehead atoms. The van der Waals surface area contributed by atoms with E-state index in [1.807, 2.05) is 6.07 Å². The zero-order chi connectivity index (χ0) is 10.3. The molecule has 1 fully saturated rings. The van der Waals surface area contributed by atoms with Crippen LogP contribution in [0.3, 0.4) is 0 Å². The van der Waals surface area contributed by atoms with Gasteiger partial charge in [0.1, 0.15) is 0 Å². The first kappa shape index (κ1) is 11.0. The van der Waals surface area contributed by atoms with Gasteiger partial charge in [-0.1, -0.05) is 18.2 Å². The van der Waals surface area contributed by atoms with Crippen molar-refractivity contribution in [3.63, 3.8) is 0 Å². The second-order valence-electron chi connectivity index (χ2n) is 3.86. The maximum Gasteiger partial charge on any atom is 0.0228 e. The van der Waals surface area contributed by atoms with E-state index < -0.39 is 0 Å². The first-order valence-electron chi connectivity index (χ1n) is 5.62. The highest BCUT2D eigenvalue weighted by molar-refractivity contribution is 7.97. The third-order valence-electron chi connectivity index (χ3n) is 2.66. The summed E-state index contributed by atoms with van der Waals surface area (Å²) in [6, 6.07) is 10.5. The smallest absolute Gasteiger partial charge is 0.0228 e. The van der Waals surface area contributed by atoms with E-state index in [-0.39, 0.29) is 0 Å². The van der Waals surface area contributed by atoms with Crippen molar-refractivity contribution in [1.29, 1.82) is 0 Å². The van der Waals surface area contributed by atoms with Gasteiger partial charge in [0, 0.05) is 18.0 Å². The molecular formula is C12H18N2S. The molecule has 0 aromatic heterocycles. The number of hydrogen-bond acceptors (Lipinski definition) is 3. The third kappa shape index (κ3) is 3.86. The highest BCUT2D eigenvalue weighted by Crippen LogP contribution is 2.12. The first-order chi connectivity index (χ1) is 7.45. The van der Waals surface area contributed by atoms with Gasteiger partial charge in [0.25, 0.3) is 0 Å². The fourth-order valence-corrected chi connectivity index (χ4v) is 2.49. The van der Waals surface area contributed by atoms with E-state index in [1.165, 1.54) is 37.4 Å². The number of nitrogens with zero attached hydrogens (tertiary/aromatic N) is 1. The van der Waals surface area contributed by atoms with E-state index >= 15 is 0 Å². The van der Waals surface area contributed by atoms with Gasteiger partial charge in [-0.2, -0.15) is 0 Å². The summed E-state index contributed by atoms with van der Waals surface area (Å²) in [5, 5.41) is 0. The van der Waals surface area contributed by atoms with Gasteiger partial charge < -0.3 is 4.90 Å². The molecule has 0 atom stereocenters. The summed E-state index contributed by atoms with van der Waals surface area (Å²) < 4.78 is 3.40. The van der Waals surface area contributed by atoms with Crippen molar-refractivity contribution in [3.05, 3.63) is 30.3 Å². The Kier molecular flexibility index (Phi) is 4.51. The second kappa shape index (κ2) is 6.16. The lowest BCUT2D eigenvalue weighted by molar-refractivity contribution is 0.345. The topological polar surface area (TPSA) is 15.3 Å². The highest BCUT2D eigenvalue weighted by Gasteiger charge is 2.09. The Balaban J connectivity index is 1.59. The minimum Gasteiger partial charge on any atom is -0.302 e. The van der Waals surface area contributed by atoms with Gasteiger partial charge >= 0.3 is 0 Å². The van der Waals surface area contributed by atoms with E-state index in [4.69, 9.17) is 0 Å². The Labute approximate surface area is 96.2 Å². The second-order valence-corrected chi connectivity index (χ2v) is 4.82. The Hall–Kier alpha value is -0.510. The zero-order valence-corrected chi connectivity index (χ0v) is 9.80. The lowest BCUT2D eigenvalue weighted by atomic mass is 10.4. The lowest BCUT2D eigenvalue weighted by Crippen LogP contribution is -2.27. The molecule has 0 radical (unpaired) electrons. The normalized spacial score (nSPS) is 17.1. The molecule has 0 saturated carbocycles. The predicted molar refractivity (Wildman–Crippen MR) is 66.0 cm³/mol. The van der Waals surface area contributed by atoms with Gasteiger partial charge in [0.15, 0.2) is 0 Å². The summed E-state index contributed by atoms with van der Waals surface area (Å²) in [5.41, 5.74) is 0. The number of hydrogen-bond donors (Lipinski definition) is 1. The SMILES string of the molecule is c1ccc(SNCCN2CCCC2)cc1. The molecule has 1 aromatic rings. The van der Waals surface area contributed by atoms with Crippen molar-refractivity contribution in [2.24, 2.45) is 0 Å². The molecule has 2 rings (SSSR count). The predicted octanol–water partition coefficient (Wildman–Crippen LogP) is 2.38. The van der Waals surface area contributed by atoms with Crippen molar-refractivity contribution >= 4 is 11.9 Å².